The van der Waals surface area contributed by atoms with E-state index in [0.717, 1.165) is 11.0 Å². The van der Waals surface area contributed by atoms with Crippen molar-refractivity contribution in [3.63, 3.8) is 0 Å². The number of hydrogen-bond donors (Lipinski definition) is 0. The molecule has 1 nitrogen and oxygen atoms in total. The van der Waals surface area contributed by atoms with Crippen LogP contribution in [0.3, 0.4) is 0 Å². The first-order valence-corrected chi connectivity index (χ1v) is 6.23. The van der Waals surface area contributed by atoms with E-state index >= 15 is 0 Å². The van der Waals surface area contributed by atoms with Crippen LogP contribution in [0.5, 0.6) is 0 Å². The predicted octanol–water partition coefficient (Wildman–Crippen LogP) is 3.63. The molecule has 1 atom stereocenters. The summed E-state index contributed by atoms with van der Waals surface area (Å²) in [5.74, 6) is 0.594. The van der Waals surface area contributed by atoms with Crippen LogP contribution in [-0.4, -0.2) is 11.5 Å². The maximum absolute atomic E-state index is 4.32. The number of rotatable bonds is 4. The fourth-order valence-electron chi connectivity index (χ4n) is 1.78. The van der Waals surface area contributed by atoms with Crippen LogP contribution in [0, 0.1) is 5.92 Å². The van der Waals surface area contributed by atoms with Gasteiger partial charge >= 0.3 is 0 Å². The van der Waals surface area contributed by atoms with Gasteiger partial charge < -0.3 is 0 Å². The van der Waals surface area contributed by atoms with Gasteiger partial charge in [-0.05, 0) is 24.8 Å². The van der Waals surface area contributed by atoms with Gasteiger partial charge in [-0.15, -0.1) is 0 Å². The predicted molar refractivity (Wildman–Crippen MR) is 64.9 cm³/mol. The molecule has 1 aliphatic carbocycles. The Balaban J connectivity index is 1.91. The smallest absolute Gasteiger partial charge is 0.0668 e. The van der Waals surface area contributed by atoms with Crippen LogP contribution < -0.4 is 0 Å². The normalized spacial score (nSPS) is 23.4. The molecule has 0 radical (unpaired) electrons. The second kappa shape index (κ2) is 4.74. The van der Waals surface area contributed by atoms with Crippen molar-refractivity contribution in [2.24, 2.45) is 10.9 Å². The lowest BCUT2D eigenvalue weighted by atomic mass is 9.94. The van der Waals surface area contributed by atoms with Gasteiger partial charge in [-0.2, -0.15) is 0 Å². The van der Waals surface area contributed by atoms with Gasteiger partial charge in [-0.3, -0.25) is 4.99 Å². The van der Waals surface area contributed by atoms with E-state index in [-0.39, 0.29) is 0 Å². The number of hydrogen-bond acceptors (Lipinski definition) is 1. The summed E-state index contributed by atoms with van der Waals surface area (Å²) < 4.78 is 0. The number of aliphatic imine (C=N–C) groups is 1. The van der Waals surface area contributed by atoms with Crippen LogP contribution >= 0.6 is 15.9 Å². The Morgan fingerprint density at radius 1 is 1.36 bits per heavy atom. The zero-order chi connectivity index (χ0) is 9.80. The molecule has 0 aromatic heterocycles. The fraction of sp³-hybridized carbons (Fsp3) is 0.417. The van der Waals surface area contributed by atoms with Crippen molar-refractivity contribution in [3.05, 3.63) is 35.6 Å². The molecule has 0 aromatic carbocycles. The van der Waals surface area contributed by atoms with Crippen molar-refractivity contribution in [2.45, 2.75) is 19.3 Å². The maximum atomic E-state index is 4.32. The summed E-state index contributed by atoms with van der Waals surface area (Å²) in [7, 11) is 0. The van der Waals surface area contributed by atoms with Crippen LogP contribution in [0.4, 0.5) is 0 Å². The first-order chi connectivity index (χ1) is 6.90. The van der Waals surface area contributed by atoms with Crippen LogP contribution in [0.1, 0.15) is 19.3 Å². The molecule has 0 bridgehead atoms. The summed E-state index contributed by atoms with van der Waals surface area (Å²) in [6, 6.07) is 0. The topological polar surface area (TPSA) is 12.4 Å². The average Bonchev–Trinajstić information content (AvgIpc) is 2.65. The Morgan fingerprint density at radius 2 is 2.29 bits per heavy atom. The van der Waals surface area contributed by atoms with E-state index < -0.39 is 0 Å². The van der Waals surface area contributed by atoms with Gasteiger partial charge in [0, 0.05) is 17.1 Å². The Morgan fingerprint density at radius 3 is 3.14 bits per heavy atom. The van der Waals surface area contributed by atoms with Gasteiger partial charge in [0.15, 0.2) is 0 Å². The lowest BCUT2D eigenvalue weighted by molar-refractivity contribution is 0.641. The monoisotopic (exact) mass is 251 g/mol. The quantitative estimate of drug-likeness (QED) is 0.535. The molecule has 74 valence electrons. The van der Waals surface area contributed by atoms with E-state index in [2.05, 4.69) is 45.2 Å². The number of alkyl halides is 1. The van der Waals surface area contributed by atoms with Crippen molar-refractivity contribution in [1.82, 2.24) is 0 Å². The standard InChI is InChI=1S/C12H14BrN/c13-7-2-1-3-10-4-5-11-6-8-14-12(11)9-10/h4-6,8-10H,1-3,7H2. The van der Waals surface area contributed by atoms with Gasteiger partial charge in [-0.1, -0.05) is 40.6 Å². The molecule has 2 aliphatic rings. The number of halogens is 1. The Hall–Kier alpha value is -0.630. The zero-order valence-electron chi connectivity index (χ0n) is 8.12. The van der Waals surface area contributed by atoms with Gasteiger partial charge in [0.2, 0.25) is 0 Å². The van der Waals surface area contributed by atoms with Crippen molar-refractivity contribution in [1.29, 1.82) is 0 Å². The van der Waals surface area contributed by atoms with Crippen LogP contribution in [0.25, 0.3) is 0 Å². The summed E-state index contributed by atoms with van der Waals surface area (Å²) in [5.41, 5.74) is 2.43. The summed E-state index contributed by atoms with van der Waals surface area (Å²) in [4.78, 5) is 4.32. The highest BCUT2D eigenvalue weighted by Gasteiger charge is 2.13. The summed E-state index contributed by atoms with van der Waals surface area (Å²) >= 11 is 3.45. The van der Waals surface area contributed by atoms with Gasteiger partial charge in [0.1, 0.15) is 0 Å². The SMILES string of the molecule is BrCCCCC1C=CC2=CC=NC2=C1. The Kier molecular flexibility index (Phi) is 3.35. The summed E-state index contributed by atoms with van der Waals surface area (Å²) in [6.45, 7) is 0. The molecule has 14 heavy (non-hydrogen) atoms. The minimum Gasteiger partial charge on any atom is -0.257 e. The van der Waals surface area contributed by atoms with Crippen LogP contribution in [-0.2, 0) is 0 Å². The molecule has 0 amide bonds. The molecular weight excluding hydrogens is 238 g/mol. The molecule has 2 rings (SSSR count). The Bertz CT molecular complexity index is 323. The first-order valence-electron chi connectivity index (χ1n) is 5.11. The largest absolute Gasteiger partial charge is 0.257 e. The molecule has 1 aliphatic heterocycles. The van der Waals surface area contributed by atoms with E-state index in [1.807, 2.05) is 6.21 Å². The first kappa shape index (κ1) is 9.91. The Labute approximate surface area is 93.4 Å². The second-order valence-corrected chi connectivity index (χ2v) is 4.45. The third-order valence-electron chi connectivity index (χ3n) is 2.58. The average molecular weight is 252 g/mol. The van der Waals surface area contributed by atoms with E-state index in [1.54, 1.807) is 0 Å². The minimum atomic E-state index is 0.594. The van der Waals surface area contributed by atoms with Crippen LogP contribution in [0.15, 0.2) is 40.6 Å². The molecule has 0 saturated carbocycles. The van der Waals surface area contributed by atoms with Crippen molar-refractivity contribution in [2.75, 3.05) is 5.33 Å². The molecule has 1 heterocycles. The highest BCUT2D eigenvalue weighted by molar-refractivity contribution is 9.09. The third kappa shape index (κ3) is 2.24. The molecule has 0 N–H and O–H groups in total. The van der Waals surface area contributed by atoms with E-state index in [9.17, 15) is 0 Å². The minimum absolute atomic E-state index is 0.594. The third-order valence-corrected chi connectivity index (χ3v) is 3.14. The van der Waals surface area contributed by atoms with E-state index in [4.69, 9.17) is 0 Å². The van der Waals surface area contributed by atoms with Crippen molar-refractivity contribution in [3.8, 4) is 0 Å². The number of unbranched alkanes of at least 4 members (excludes halogenated alkanes) is 1. The molecule has 0 fully saturated rings. The van der Waals surface area contributed by atoms with Crippen LogP contribution in [0.2, 0.25) is 0 Å². The molecule has 0 saturated heterocycles. The number of allylic oxidation sites excluding steroid dienone is 4. The van der Waals surface area contributed by atoms with Gasteiger partial charge in [-0.25, -0.2) is 0 Å². The molecule has 0 aromatic rings. The fourth-order valence-corrected chi connectivity index (χ4v) is 2.17. The van der Waals surface area contributed by atoms with E-state index in [1.165, 1.54) is 24.8 Å². The highest BCUT2D eigenvalue weighted by atomic mass is 79.9. The summed E-state index contributed by atoms with van der Waals surface area (Å²) in [5, 5.41) is 1.11. The molecule has 1 unspecified atom stereocenters. The zero-order valence-corrected chi connectivity index (χ0v) is 9.70. The number of nitrogens with zero attached hydrogens (tertiary/aromatic N) is 1. The lowest BCUT2D eigenvalue weighted by Crippen LogP contribution is -1.99. The lowest BCUT2D eigenvalue weighted by Gasteiger charge is -2.13. The highest BCUT2D eigenvalue weighted by Crippen LogP contribution is 2.27. The second-order valence-electron chi connectivity index (χ2n) is 3.66. The number of fused-ring (bicyclic) bond motifs is 1. The molecule has 0 spiro atoms. The molecular formula is C12H14BrN. The maximum Gasteiger partial charge on any atom is 0.0668 e. The molecule has 2 heteroatoms. The van der Waals surface area contributed by atoms with Crippen molar-refractivity contribution < 1.29 is 0 Å². The summed E-state index contributed by atoms with van der Waals surface area (Å²) in [6.07, 6.45) is 14.5. The van der Waals surface area contributed by atoms with Gasteiger partial charge in [0.25, 0.3) is 0 Å². The van der Waals surface area contributed by atoms with Crippen molar-refractivity contribution >= 4 is 22.1 Å². The van der Waals surface area contributed by atoms with Gasteiger partial charge in [0.05, 0.1) is 5.70 Å². The van der Waals surface area contributed by atoms with E-state index in [0.29, 0.717) is 5.92 Å².